The fourth-order valence-corrected chi connectivity index (χ4v) is 11.2. The summed E-state index contributed by atoms with van der Waals surface area (Å²) in [4.78, 5) is 98.7. The lowest BCUT2D eigenvalue weighted by Crippen LogP contribution is -2.55. The Hall–Kier alpha value is -7.86. The predicted molar refractivity (Wildman–Crippen MR) is 341 cm³/mol. The SMILES string of the molecule is COc1ccc(NC(=O)c2cn3ccsc3n2)cc1C(=O)NCCCNC(=O)CCOCCOCCOCCOCCOCCOCCNC(=O)[C@H](CCCNC(=N)N)NC(=O)[C@H](CCCNC(=N)N)NC(=O)C1CCN(C(=O)OCC2C3CCC#CCCC32)CC1. The number of benzene rings is 1. The second-order valence-corrected chi connectivity index (χ2v) is 23.0. The van der Waals surface area contributed by atoms with Gasteiger partial charge in [-0.3, -0.25) is 44.0 Å². The third-order valence-corrected chi connectivity index (χ3v) is 16.2. The van der Waals surface area contributed by atoms with Crippen LogP contribution < -0.4 is 58.7 Å². The van der Waals surface area contributed by atoms with Crippen molar-refractivity contribution in [2.45, 2.75) is 89.1 Å². The van der Waals surface area contributed by atoms with E-state index in [2.05, 4.69) is 59.4 Å². The number of likely N-dealkylation sites (tertiary alicyclic amines) is 1. The fourth-order valence-electron chi connectivity index (χ4n) is 10.5. The highest BCUT2D eigenvalue weighted by molar-refractivity contribution is 7.15. The van der Waals surface area contributed by atoms with Crippen LogP contribution in [-0.2, 0) is 52.3 Å². The smallest absolute Gasteiger partial charge is 0.409 e. The maximum absolute atomic E-state index is 13.9. The third kappa shape index (κ3) is 27.1. The number of nitrogens with two attached hydrogens (primary N) is 2. The first-order valence-electron chi connectivity index (χ1n) is 31.5. The van der Waals surface area contributed by atoms with Crippen LogP contribution in [0.4, 0.5) is 10.5 Å². The van der Waals surface area contributed by atoms with Crippen molar-refractivity contribution in [2.75, 3.05) is 144 Å². The first-order valence-corrected chi connectivity index (χ1v) is 32.4. The molecule has 4 atom stereocenters. The van der Waals surface area contributed by atoms with Crippen LogP contribution in [0.3, 0.4) is 0 Å². The van der Waals surface area contributed by atoms with Crippen molar-refractivity contribution in [1.29, 1.82) is 10.8 Å². The first kappa shape index (κ1) is 73.2. The standard InChI is InChI=1S/C61H93N15O15S/c1-84-51-14-13-43(71-57(82)50-40-76-25-38-92-60(76)74-50)39-46(51)54(79)67-21-8-20-66-52(77)17-26-85-28-30-87-32-34-89-36-37-90-35-33-88-31-29-86-27-22-68-55(80)48(11-6-18-69-58(62)63)73-56(81)49(12-7-19-70-59(64)65)72-53(78)42-15-23-75(24-16-42)61(83)91-41-47-44-9-4-2-3-5-10-45(44)47/h13-14,25,38-40,42,44-45,47-49H,4-12,15-24,26-37,41H2,1H3,(H,66,77)(H,67,79)(H,68,80)(H,71,82)(H,72,78)(H,73,81)(H4,62,63,69)(H4,64,65,70)/t44?,45?,47?,48-,49-/m0/s1. The summed E-state index contributed by atoms with van der Waals surface area (Å²) in [5, 5.41) is 39.2. The highest BCUT2D eigenvalue weighted by Gasteiger charge is 2.49. The average Bonchev–Trinajstić information content (AvgIpc) is 1.66. The van der Waals surface area contributed by atoms with Gasteiger partial charge in [0.05, 0.1) is 98.6 Å². The van der Waals surface area contributed by atoms with Gasteiger partial charge in [-0.15, -0.1) is 23.2 Å². The molecule has 92 heavy (non-hydrogen) atoms. The van der Waals surface area contributed by atoms with E-state index in [0.717, 1.165) is 25.7 Å². The number of carbonyl (C=O) groups is 7. The lowest BCUT2D eigenvalue weighted by Gasteiger charge is -2.31. The van der Waals surface area contributed by atoms with E-state index in [9.17, 15) is 33.6 Å². The van der Waals surface area contributed by atoms with E-state index < -0.39 is 41.6 Å². The minimum atomic E-state index is -1.01. The Bertz CT molecular complexity index is 2850. The predicted octanol–water partition coefficient (Wildman–Crippen LogP) is 1.28. The molecular formula is C61H93N15O15S. The lowest BCUT2D eigenvalue weighted by atomic mass is 9.95. The number of amides is 7. The monoisotopic (exact) mass is 1310 g/mol. The Labute approximate surface area is 540 Å². The Morgan fingerprint density at radius 1 is 0.663 bits per heavy atom. The number of imidazole rings is 1. The van der Waals surface area contributed by atoms with E-state index in [1.807, 2.05) is 11.6 Å². The van der Waals surface area contributed by atoms with Crippen LogP contribution in [0.2, 0.25) is 0 Å². The molecule has 30 nitrogen and oxygen atoms in total. The summed E-state index contributed by atoms with van der Waals surface area (Å²) >= 11 is 1.41. The number of carbonyl (C=O) groups excluding carboxylic acids is 7. The number of nitrogens with zero attached hydrogens (tertiary/aromatic N) is 3. The fraction of sp³-hybridized carbons (Fsp3) is 0.639. The van der Waals surface area contributed by atoms with Crippen LogP contribution in [-0.4, -0.2) is 219 Å². The van der Waals surface area contributed by atoms with Crippen molar-refractivity contribution in [3.05, 3.63) is 47.2 Å². The Morgan fingerprint density at radius 3 is 1.82 bits per heavy atom. The first-order chi connectivity index (χ1) is 44.7. The summed E-state index contributed by atoms with van der Waals surface area (Å²) in [6.07, 6.45) is 9.48. The van der Waals surface area contributed by atoms with E-state index in [0.29, 0.717) is 159 Å². The summed E-state index contributed by atoms with van der Waals surface area (Å²) in [7, 11) is 1.45. The number of nitrogens with one attached hydrogen (secondary N) is 10. The van der Waals surface area contributed by atoms with E-state index in [-0.39, 0.29) is 99.8 Å². The maximum Gasteiger partial charge on any atom is 0.409 e. The molecule has 508 valence electrons. The van der Waals surface area contributed by atoms with Crippen LogP contribution in [0.25, 0.3) is 4.96 Å². The van der Waals surface area contributed by atoms with Crippen molar-refractivity contribution in [1.82, 2.24) is 51.5 Å². The van der Waals surface area contributed by atoms with Gasteiger partial charge in [0.25, 0.3) is 11.8 Å². The van der Waals surface area contributed by atoms with Crippen molar-refractivity contribution in [2.24, 2.45) is 35.1 Å². The maximum atomic E-state index is 13.9. The van der Waals surface area contributed by atoms with E-state index in [4.69, 9.17) is 60.2 Å². The van der Waals surface area contributed by atoms with Crippen LogP contribution >= 0.6 is 11.3 Å². The number of guanidine groups is 2. The Morgan fingerprint density at radius 2 is 1.23 bits per heavy atom. The number of piperidine rings is 1. The second-order valence-electron chi connectivity index (χ2n) is 22.1. The van der Waals surface area contributed by atoms with Gasteiger partial charge in [-0.2, -0.15) is 0 Å². The molecule has 1 aromatic carbocycles. The molecule has 2 aliphatic carbocycles. The molecule has 2 aromatic heterocycles. The molecule has 0 radical (unpaired) electrons. The van der Waals surface area contributed by atoms with Crippen molar-refractivity contribution in [3.8, 4) is 17.6 Å². The van der Waals surface area contributed by atoms with Gasteiger partial charge in [-0.25, -0.2) is 9.78 Å². The highest BCUT2D eigenvalue weighted by atomic mass is 32.1. The topological polar surface area (TPSA) is 410 Å². The zero-order valence-electron chi connectivity index (χ0n) is 52.6. The van der Waals surface area contributed by atoms with Crippen LogP contribution in [0.15, 0.2) is 36.0 Å². The van der Waals surface area contributed by atoms with E-state index >= 15 is 0 Å². The zero-order valence-corrected chi connectivity index (χ0v) is 53.4. The van der Waals surface area contributed by atoms with Crippen LogP contribution in [0.1, 0.15) is 97.9 Å². The Balaban J connectivity index is 0.734. The molecule has 1 saturated carbocycles. The van der Waals surface area contributed by atoms with Gasteiger partial charge >= 0.3 is 6.09 Å². The number of methoxy groups -OCH3 is 1. The van der Waals surface area contributed by atoms with Gasteiger partial charge in [-0.1, -0.05) is 0 Å². The molecule has 3 heterocycles. The highest BCUT2D eigenvalue weighted by Crippen LogP contribution is 2.52. The zero-order chi connectivity index (χ0) is 65.7. The molecule has 31 heteroatoms. The van der Waals surface area contributed by atoms with Crippen molar-refractivity contribution < 1.29 is 71.5 Å². The van der Waals surface area contributed by atoms with Crippen LogP contribution in [0, 0.1) is 46.3 Å². The molecule has 3 aromatic rings. The quantitative estimate of drug-likeness (QED) is 0.0164. The number of rotatable bonds is 44. The molecule has 2 unspecified atom stereocenters. The van der Waals surface area contributed by atoms with Crippen molar-refractivity contribution >= 4 is 75.4 Å². The van der Waals surface area contributed by atoms with Gasteiger partial charge in [0.15, 0.2) is 16.9 Å². The second kappa shape index (κ2) is 41.6. The molecule has 2 fully saturated rings. The minimum absolute atomic E-state index is 0.142. The number of aromatic nitrogens is 2. The number of hydrogen-bond donors (Lipinski definition) is 12. The molecule has 1 aliphatic heterocycles. The Kier molecular flexibility index (Phi) is 33.1. The normalized spacial score (nSPS) is 16.6. The number of ether oxygens (including phenoxy) is 8. The number of hydrogen-bond acceptors (Lipinski definition) is 19. The molecular weight excluding hydrogens is 1210 g/mol. The summed E-state index contributed by atoms with van der Waals surface area (Å²) < 4.78 is 46.2. The van der Waals surface area contributed by atoms with Crippen molar-refractivity contribution in [3.63, 3.8) is 0 Å². The molecule has 0 bridgehead atoms. The molecule has 7 amide bonds. The van der Waals surface area contributed by atoms with Gasteiger partial charge in [0.2, 0.25) is 23.6 Å². The lowest BCUT2D eigenvalue weighted by molar-refractivity contribution is -0.134. The van der Waals surface area contributed by atoms with Gasteiger partial charge in [0.1, 0.15) is 23.5 Å². The third-order valence-electron chi connectivity index (χ3n) is 15.5. The van der Waals surface area contributed by atoms with Gasteiger partial charge in [-0.05, 0) is 93.7 Å². The summed E-state index contributed by atoms with van der Waals surface area (Å²) in [5.74, 6) is 4.98. The summed E-state index contributed by atoms with van der Waals surface area (Å²) in [6, 6.07) is 2.76. The van der Waals surface area contributed by atoms with Gasteiger partial charge < -0.3 is 96.8 Å². The molecule has 6 rings (SSSR count). The summed E-state index contributed by atoms with van der Waals surface area (Å²) in [5.41, 5.74) is 11.8. The van der Waals surface area contributed by atoms with Crippen LogP contribution in [0.5, 0.6) is 5.75 Å². The minimum Gasteiger partial charge on any atom is -0.496 e. The molecule has 0 spiro atoms. The number of fused-ring (bicyclic) bond motifs is 2. The number of thiazole rings is 1. The van der Waals surface area contributed by atoms with Gasteiger partial charge in [0, 0.05) is 94.5 Å². The largest absolute Gasteiger partial charge is 0.496 e. The number of anilines is 1. The summed E-state index contributed by atoms with van der Waals surface area (Å²) in [6.45, 7) is 6.12. The van der Waals surface area contributed by atoms with E-state index in [1.54, 1.807) is 27.6 Å². The molecule has 3 aliphatic rings. The molecule has 14 N–H and O–H groups in total. The average molecular weight is 1310 g/mol. The molecule has 1 saturated heterocycles. The van der Waals surface area contributed by atoms with E-state index in [1.165, 1.54) is 24.5 Å².